The second-order valence-corrected chi connectivity index (χ2v) is 10.4. The van der Waals surface area contributed by atoms with Crippen molar-refractivity contribution in [1.29, 1.82) is 0 Å². The van der Waals surface area contributed by atoms with Crippen molar-refractivity contribution in [3.8, 4) is 0 Å². The number of fused-ring (bicyclic) bond motifs is 2. The molecular formula is C27H29ClN6O2. The first kappa shape index (κ1) is 23.2. The van der Waals surface area contributed by atoms with Crippen molar-refractivity contribution in [2.24, 2.45) is 0 Å². The van der Waals surface area contributed by atoms with Crippen molar-refractivity contribution in [3.63, 3.8) is 0 Å². The summed E-state index contributed by atoms with van der Waals surface area (Å²) in [6, 6.07) is 9.59. The van der Waals surface area contributed by atoms with E-state index in [-0.39, 0.29) is 23.9 Å². The maximum Gasteiger partial charge on any atom is 0.279 e. The number of amides is 1. The molecule has 0 unspecified atom stereocenters. The Morgan fingerprint density at radius 3 is 2.50 bits per heavy atom. The minimum absolute atomic E-state index is 0.0952. The Hall–Kier alpha value is -3.23. The molecule has 6 rings (SSSR count). The topological polar surface area (TPSA) is 77.6 Å². The molecule has 0 saturated carbocycles. The molecule has 4 aromatic rings. The number of rotatable bonds is 4. The van der Waals surface area contributed by atoms with Crippen molar-refractivity contribution in [2.45, 2.75) is 58.5 Å². The van der Waals surface area contributed by atoms with Gasteiger partial charge in [-0.15, -0.1) is 10.2 Å². The zero-order chi connectivity index (χ0) is 25.1. The number of imidazole rings is 1. The van der Waals surface area contributed by atoms with Crippen LogP contribution in [0.3, 0.4) is 0 Å². The molecule has 2 aliphatic heterocycles. The number of aromatic nitrogens is 5. The van der Waals surface area contributed by atoms with Gasteiger partial charge < -0.3 is 9.30 Å². The molecule has 0 bridgehead atoms. The molecule has 36 heavy (non-hydrogen) atoms. The molecule has 1 saturated heterocycles. The lowest BCUT2D eigenvalue weighted by Crippen LogP contribution is -2.31. The predicted molar refractivity (Wildman–Crippen MR) is 138 cm³/mol. The van der Waals surface area contributed by atoms with Gasteiger partial charge in [-0.2, -0.15) is 0 Å². The number of halogens is 1. The van der Waals surface area contributed by atoms with Gasteiger partial charge in [0.05, 0.1) is 11.4 Å². The summed E-state index contributed by atoms with van der Waals surface area (Å²) in [7, 11) is 0. The summed E-state index contributed by atoms with van der Waals surface area (Å²) in [5, 5.41) is 9.18. The normalized spacial score (nSPS) is 18.6. The Balaban J connectivity index is 1.57. The first-order valence-corrected chi connectivity index (χ1v) is 12.8. The lowest BCUT2D eigenvalue weighted by atomic mass is 9.98. The average Bonchev–Trinajstić information content (AvgIpc) is 3.52. The van der Waals surface area contributed by atoms with Crippen LogP contribution in [0.15, 0.2) is 36.5 Å². The van der Waals surface area contributed by atoms with Gasteiger partial charge >= 0.3 is 0 Å². The molecule has 186 valence electrons. The van der Waals surface area contributed by atoms with Gasteiger partial charge in [-0.25, -0.2) is 4.98 Å². The third-order valence-corrected chi connectivity index (χ3v) is 7.58. The third-order valence-electron chi connectivity index (χ3n) is 7.33. The van der Waals surface area contributed by atoms with E-state index in [4.69, 9.17) is 21.3 Å². The van der Waals surface area contributed by atoms with Gasteiger partial charge in [0.15, 0.2) is 11.3 Å². The minimum atomic E-state index is -0.332. The zero-order valence-electron chi connectivity index (χ0n) is 20.9. The highest BCUT2D eigenvalue weighted by Crippen LogP contribution is 2.45. The summed E-state index contributed by atoms with van der Waals surface area (Å²) < 4.78 is 9.84. The first-order chi connectivity index (χ1) is 17.3. The number of aryl methyl sites for hydroxylation is 2. The van der Waals surface area contributed by atoms with E-state index in [1.165, 1.54) is 0 Å². The van der Waals surface area contributed by atoms with Crippen LogP contribution in [0.4, 0.5) is 5.69 Å². The smallest absolute Gasteiger partial charge is 0.279 e. The van der Waals surface area contributed by atoms with Crippen molar-refractivity contribution in [3.05, 3.63) is 75.7 Å². The van der Waals surface area contributed by atoms with Crippen LogP contribution in [-0.2, 0) is 4.74 Å². The Labute approximate surface area is 214 Å². The van der Waals surface area contributed by atoms with Gasteiger partial charge in [0.25, 0.3) is 5.91 Å². The minimum Gasteiger partial charge on any atom is -0.381 e. The Morgan fingerprint density at radius 2 is 1.81 bits per heavy atom. The summed E-state index contributed by atoms with van der Waals surface area (Å²) in [5.74, 6) is 1.94. The van der Waals surface area contributed by atoms with Gasteiger partial charge in [0.2, 0.25) is 0 Å². The SMILES string of the molecule is Cc1cc(N2C(=O)c3nc(C4CCOCC4)n(C(C)C)c3[C@H]2c2ccc(Cl)cc2)cn2c(C)nnc12. The molecule has 0 spiro atoms. The van der Waals surface area contributed by atoms with Crippen LogP contribution in [-0.4, -0.2) is 43.3 Å². The summed E-state index contributed by atoms with van der Waals surface area (Å²) >= 11 is 6.25. The maximum absolute atomic E-state index is 14.1. The molecule has 3 aromatic heterocycles. The summed E-state index contributed by atoms with van der Waals surface area (Å²) in [6.45, 7) is 9.67. The standard InChI is InChI=1S/C27H29ClN6O2/c1-15(2)33-24-22(29-26(33)19-9-11-36-12-10-19)27(35)34(23(24)18-5-7-20(28)8-6-18)21-13-16(3)25-31-30-17(4)32(25)14-21/h5-8,13-15,19,23H,9-12H2,1-4H3/t23-/m1/s1. The van der Waals surface area contributed by atoms with Crippen LogP contribution in [0, 0.1) is 13.8 Å². The number of ether oxygens (including phenoxy) is 1. The maximum atomic E-state index is 14.1. The Morgan fingerprint density at radius 1 is 1.08 bits per heavy atom. The Kier molecular flexibility index (Phi) is 5.61. The molecule has 5 heterocycles. The van der Waals surface area contributed by atoms with Crippen LogP contribution in [0.2, 0.25) is 5.02 Å². The largest absolute Gasteiger partial charge is 0.381 e. The van der Waals surface area contributed by atoms with E-state index < -0.39 is 0 Å². The molecule has 8 nitrogen and oxygen atoms in total. The van der Waals surface area contributed by atoms with Gasteiger partial charge in [0.1, 0.15) is 17.7 Å². The van der Waals surface area contributed by atoms with E-state index in [1.54, 1.807) is 0 Å². The number of hydrogen-bond acceptors (Lipinski definition) is 5. The highest BCUT2D eigenvalue weighted by atomic mass is 35.5. The number of hydrogen-bond donors (Lipinski definition) is 0. The van der Waals surface area contributed by atoms with Crippen LogP contribution in [0.5, 0.6) is 0 Å². The molecule has 9 heteroatoms. The van der Waals surface area contributed by atoms with Gasteiger partial charge in [-0.05, 0) is 69.9 Å². The molecule has 0 radical (unpaired) electrons. The second kappa shape index (κ2) is 8.71. The fourth-order valence-corrected chi connectivity index (χ4v) is 5.75. The second-order valence-electron chi connectivity index (χ2n) is 10.0. The molecule has 1 fully saturated rings. The van der Waals surface area contributed by atoms with E-state index in [0.29, 0.717) is 10.7 Å². The molecular weight excluding hydrogens is 476 g/mol. The lowest BCUT2D eigenvalue weighted by Gasteiger charge is -2.30. The average molecular weight is 505 g/mol. The molecule has 1 atom stereocenters. The third kappa shape index (κ3) is 3.54. The highest BCUT2D eigenvalue weighted by Gasteiger charge is 2.45. The number of carbonyl (C=O) groups is 1. The van der Waals surface area contributed by atoms with Crippen LogP contribution in [0.1, 0.15) is 83.6 Å². The van der Waals surface area contributed by atoms with Crippen LogP contribution in [0.25, 0.3) is 5.65 Å². The van der Waals surface area contributed by atoms with Gasteiger partial charge in [-0.3, -0.25) is 14.1 Å². The first-order valence-electron chi connectivity index (χ1n) is 12.5. The fraction of sp³-hybridized carbons (Fsp3) is 0.407. The van der Waals surface area contributed by atoms with Gasteiger partial charge in [0, 0.05) is 36.4 Å². The monoisotopic (exact) mass is 504 g/mol. The summed E-state index contributed by atoms with van der Waals surface area (Å²) in [5.41, 5.74) is 4.99. The summed E-state index contributed by atoms with van der Waals surface area (Å²) in [4.78, 5) is 21.0. The van der Waals surface area contributed by atoms with E-state index in [1.807, 2.05) is 59.7 Å². The molecule has 1 amide bonds. The van der Waals surface area contributed by atoms with Crippen molar-refractivity contribution in [2.75, 3.05) is 18.1 Å². The molecule has 1 aromatic carbocycles. The lowest BCUT2D eigenvalue weighted by molar-refractivity contribution is 0.0824. The van der Waals surface area contributed by atoms with E-state index in [9.17, 15) is 4.79 Å². The number of anilines is 1. The van der Waals surface area contributed by atoms with Crippen molar-refractivity contribution in [1.82, 2.24) is 24.1 Å². The fourth-order valence-electron chi connectivity index (χ4n) is 5.62. The van der Waals surface area contributed by atoms with E-state index >= 15 is 0 Å². The van der Waals surface area contributed by atoms with Gasteiger partial charge in [-0.1, -0.05) is 23.7 Å². The molecule has 2 aliphatic rings. The zero-order valence-corrected chi connectivity index (χ0v) is 21.7. The molecule has 0 N–H and O–H groups in total. The van der Waals surface area contributed by atoms with E-state index in [2.05, 4.69) is 28.6 Å². The Bertz CT molecular complexity index is 1470. The van der Waals surface area contributed by atoms with Crippen molar-refractivity contribution < 1.29 is 9.53 Å². The highest BCUT2D eigenvalue weighted by molar-refractivity contribution is 6.30. The number of pyridine rings is 1. The van der Waals surface area contributed by atoms with Crippen LogP contribution < -0.4 is 4.90 Å². The van der Waals surface area contributed by atoms with E-state index in [0.717, 1.165) is 65.9 Å². The quantitative estimate of drug-likeness (QED) is 0.371. The molecule has 0 aliphatic carbocycles. The van der Waals surface area contributed by atoms with Crippen LogP contribution >= 0.6 is 11.6 Å². The number of carbonyl (C=O) groups excluding carboxylic acids is 1. The predicted octanol–water partition coefficient (Wildman–Crippen LogP) is 5.42. The number of benzene rings is 1. The van der Waals surface area contributed by atoms with Crippen molar-refractivity contribution >= 4 is 28.8 Å². The summed E-state index contributed by atoms with van der Waals surface area (Å²) in [6.07, 6.45) is 3.77. The number of nitrogens with zero attached hydrogens (tertiary/aromatic N) is 6.